The first-order valence-corrected chi connectivity index (χ1v) is 6.46. The maximum atomic E-state index is 11.0. The standard InChI is InChI=1S/C10H13NO2.H3O4P/c1-13-10(12)9(11)7-8-5-3-2-4-6-8;1-5(2,3)4/h2-6,9H,7,11H2,1H3;(H3,1,2,3,4)/t9-;/m0./s1. The molecule has 0 amide bonds. The molecular formula is C10H16NO6P. The molecule has 0 aromatic heterocycles. The number of nitrogens with two attached hydrogens (primary N) is 1. The summed E-state index contributed by atoms with van der Waals surface area (Å²) < 4.78 is 13.4. The van der Waals surface area contributed by atoms with Crippen LogP contribution < -0.4 is 5.73 Å². The molecule has 102 valence electrons. The molecule has 1 atom stereocenters. The highest BCUT2D eigenvalue weighted by molar-refractivity contribution is 7.45. The van der Waals surface area contributed by atoms with Gasteiger partial charge in [0.15, 0.2) is 0 Å². The van der Waals surface area contributed by atoms with Crippen LogP contribution in [0.2, 0.25) is 0 Å². The maximum absolute atomic E-state index is 11.0. The van der Waals surface area contributed by atoms with Gasteiger partial charge in [-0.1, -0.05) is 30.3 Å². The molecule has 0 aliphatic rings. The van der Waals surface area contributed by atoms with Crippen molar-refractivity contribution in [2.75, 3.05) is 7.11 Å². The normalized spacial score (nSPS) is 12.1. The van der Waals surface area contributed by atoms with E-state index in [9.17, 15) is 4.79 Å². The van der Waals surface area contributed by atoms with Crippen LogP contribution in [0.1, 0.15) is 5.56 Å². The lowest BCUT2D eigenvalue weighted by atomic mass is 10.1. The van der Waals surface area contributed by atoms with Crippen molar-refractivity contribution in [2.24, 2.45) is 5.73 Å². The number of ether oxygens (including phenoxy) is 1. The first-order chi connectivity index (χ1) is 8.24. The number of carbonyl (C=O) groups is 1. The van der Waals surface area contributed by atoms with Crippen LogP contribution in [0.5, 0.6) is 0 Å². The topological polar surface area (TPSA) is 130 Å². The van der Waals surface area contributed by atoms with E-state index in [1.807, 2.05) is 30.3 Å². The summed E-state index contributed by atoms with van der Waals surface area (Å²) in [5.74, 6) is -0.371. The fourth-order valence-electron chi connectivity index (χ4n) is 1.10. The van der Waals surface area contributed by atoms with Crippen LogP contribution >= 0.6 is 7.82 Å². The molecule has 0 unspecified atom stereocenters. The quantitative estimate of drug-likeness (QED) is 0.444. The average molecular weight is 277 g/mol. The lowest BCUT2D eigenvalue weighted by Gasteiger charge is -2.08. The van der Waals surface area contributed by atoms with Crippen molar-refractivity contribution in [3.63, 3.8) is 0 Å². The Kier molecular flexibility index (Phi) is 7.42. The van der Waals surface area contributed by atoms with E-state index in [0.29, 0.717) is 6.42 Å². The first-order valence-electron chi connectivity index (χ1n) is 4.89. The Labute approximate surface area is 104 Å². The van der Waals surface area contributed by atoms with Crippen LogP contribution in [0.25, 0.3) is 0 Å². The SMILES string of the molecule is COC(=O)[C@@H](N)Cc1ccccc1.O=P(O)(O)O. The average Bonchev–Trinajstić information content (AvgIpc) is 2.27. The van der Waals surface area contributed by atoms with Gasteiger partial charge in [0, 0.05) is 0 Å². The minimum absolute atomic E-state index is 0.371. The summed E-state index contributed by atoms with van der Waals surface area (Å²) in [5.41, 5.74) is 6.63. The van der Waals surface area contributed by atoms with E-state index in [2.05, 4.69) is 4.74 Å². The number of esters is 1. The molecule has 1 aromatic rings. The van der Waals surface area contributed by atoms with Gasteiger partial charge >= 0.3 is 13.8 Å². The molecule has 7 nitrogen and oxygen atoms in total. The molecule has 0 saturated heterocycles. The Bertz CT molecular complexity index is 396. The second-order valence-corrected chi connectivity index (χ2v) is 4.36. The van der Waals surface area contributed by atoms with E-state index < -0.39 is 13.9 Å². The molecule has 1 aromatic carbocycles. The molecule has 0 bridgehead atoms. The molecule has 0 radical (unpaired) electrons. The van der Waals surface area contributed by atoms with Gasteiger partial charge in [-0.3, -0.25) is 4.79 Å². The van der Waals surface area contributed by atoms with Gasteiger partial charge < -0.3 is 25.2 Å². The predicted octanol–water partition coefficient (Wildman–Crippen LogP) is -0.199. The molecule has 0 saturated carbocycles. The van der Waals surface area contributed by atoms with Crippen molar-refractivity contribution in [3.05, 3.63) is 35.9 Å². The Morgan fingerprint density at radius 3 is 2.17 bits per heavy atom. The minimum Gasteiger partial charge on any atom is -0.468 e. The summed E-state index contributed by atoms with van der Waals surface area (Å²) in [5, 5.41) is 0. The molecule has 0 heterocycles. The van der Waals surface area contributed by atoms with E-state index in [1.54, 1.807) is 0 Å². The Morgan fingerprint density at radius 1 is 1.33 bits per heavy atom. The summed E-state index contributed by atoms with van der Waals surface area (Å²) in [6.07, 6.45) is 0.521. The molecule has 0 spiro atoms. The van der Waals surface area contributed by atoms with E-state index in [4.69, 9.17) is 25.0 Å². The lowest BCUT2D eigenvalue weighted by molar-refractivity contribution is -0.142. The van der Waals surface area contributed by atoms with E-state index in [0.717, 1.165) is 5.56 Å². The van der Waals surface area contributed by atoms with Gasteiger partial charge in [0.1, 0.15) is 6.04 Å². The number of benzene rings is 1. The predicted molar refractivity (Wildman–Crippen MR) is 64.4 cm³/mol. The third kappa shape index (κ3) is 9.95. The van der Waals surface area contributed by atoms with Gasteiger partial charge in [0.2, 0.25) is 0 Å². The fraction of sp³-hybridized carbons (Fsp3) is 0.300. The second-order valence-electron chi connectivity index (χ2n) is 3.33. The van der Waals surface area contributed by atoms with Crippen LogP contribution in [-0.4, -0.2) is 33.8 Å². The third-order valence-corrected chi connectivity index (χ3v) is 1.80. The van der Waals surface area contributed by atoms with Crippen LogP contribution in [0.15, 0.2) is 30.3 Å². The zero-order chi connectivity index (χ0) is 14.2. The smallest absolute Gasteiger partial charge is 0.466 e. The molecule has 1 rings (SSSR count). The van der Waals surface area contributed by atoms with Crippen molar-refractivity contribution in [3.8, 4) is 0 Å². The molecule has 0 fully saturated rings. The molecular weight excluding hydrogens is 261 g/mol. The number of carbonyl (C=O) groups excluding carboxylic acids is 1. The molecule has 8 heteroatoms. The lowest BCUT2D eigenvalue weighted by Crippen LogP contribution is -2.33. The fourth-order valence-corrected chi connectivity index (χ4v) is 1.10. The van der Waals surface area contributed by atoms with Gasteiger partial charge in [0.05, 0.1) is 7.11 Å². The second kappa shape index (κ2) is 7.97. The maximum Gasteiger partial charge on any atom is 0.466 e. The van der Waals surface area contributed by atoms with Crippen molar-refractivity contribution < 1.29 is 28.8 Å². The van der Waals surface area contributed by atoms with E-state index >= 15 is 0 Å². The zero-order valence-electron chi connectivity index (χ0n) is 9.76. The van der Waals surface area contributed by atoms with Gasteiger partial charge in [-0.15, -0.1) is 0 Å². The third-order valence-electron chi connectivity index (χ3n) is 1.80. The molecule has 18 heavy (non-hydrogen) atoms. The number of hydrogen-bond donors (Lipinski definition) is 4. The number of rotatable bonds is 3. The summed E-state index contributed by atoms with van der Waals surface area (Å²) in [7, 11) is -3.30. The van der Waals surface area contributed by atoms with E-state index in [1.165, 1.54) is 7.11 Å². The van der Waals surface area contributed by atoms with Crippen molar-refractivity contribution in [1.29, 1.82) is 0 Å². The molecule has 0 aliphatic carbocycles. The highest BCUT2D eigenvalue weighted by Crippen LogP contribution is 2.25. The minimum atomic E-state index is -4.64. The Hall–Kier alpha value is -1.24. The van der Waals surface area contributed by atoms with Crippen molar-refractivity contribution in [2.45, 2.75) is 12.5 Å². The summed E-state index contributed by atoms with van der Waals surface area (Å²) in [6.45, 7) is 0. The number of methoxy groups -OCH3 is 1. The summed E-state index contributed by atoms with van der Waals surface area (Å²) in [4.78, 5) is 32.5. The summed E-state index contributed by atoms with van der Waals surface area (Å²) >= 11 is 0. The van der Waals surface area contributed by atoms with Gasteiger partial charge in [-0.2, -0.15) is 0 Å². The van der Waals surface area contributed by atoms with Gasteiger partial charge in [-0.25, -0.2) is 4.57 Å². The number of hydrogen-bond acceptors (Lipinski definition) is 4. The van der Waals surface area contributed by atoms with Gasteiger partial charge in [-0.05, 0) is 12.0 Å². The zero-order valence-corrected chi connectivity index (χ0v) is 10.7. The molecule has 0 aliphatic heterocycles. The Balaban J connectivity index is 0.000000494. The molecule has 5 N–H and O–H groups in total. The van der Waals surface area contributed by atoms with Crippen LogP contribution in [0.3, 0.4) is 0 Å². The Morgan fingerprint density at radius 2 is 1.78 bits per heavy atom. The van der Waals surface area contributed by atoms with Crippen molar-refractivity contribution >= 4 is 13.8 Å². The first kappa shape index (κ1) is 16.8. The highest BCUT2D eigenvalue weighted by Gasteiger charge is 2.13. The highest BCUT2D eigenvalue weighted by atomic mass is 31.2. The monoisotopic (exact) mass is 277 g/mol. The van der Waals surface area contributed by atoms with Crippen molar-refractivity contribution in [1.82, 2.24) is 0 Å². The van der Waals surface area contributed by atoms with E-state index in [-0.39, 0.29) is 5.97 Å². The largest absolute Gasteiger partial charge is 0.468 e. The summed E-state index contributed by atoms with van der Waals surface area (Å²) in [6, 6.07) is 9.06. The van der Waals surface area contributed by atoms with Crippen LogP contribution in [0.4, 0.5) is 0 Å². The van der Waals surface area contributed by atoms with Crippen LogP contribution in [0, 0.1) is 0 Å². The number of phosphoric acid groups is 1. The van der Waals surface area contributed by atoms with Crippen LogP contribution in [-0.2, 0) is 20.5 Å². The van der Waals surface area contributed by atoms with Gasteiger partial charge in [0.25, 0.3) is 0 Å².